The van der Waals surface area contributed by atoms with Crippen LogP contribution >= 0.6 is 0 Å². The molecule has 0 aliphatic heterocycles. The fourth-order valence-corrected chi connectivity index (χ4v) is 1.61. The Morgan fingerprint density at radius 1 is 1.24 bits per heavy atom. The van der Waals surface area contributed by atoms with Crippen LogP contribution in [0.5, 0.6) is 0 Å². The molecule has 2 aromatic rings. The molecular weight excluding hydrogens is 290 g/mol. The molecule has 0 fully saturated rings. The second-order valence-electron chi connectivity index (χ2n) is 4.09. The zero-order valence-corrected chi connectivity index (χ0v) is 10.4. The molecule has 0 saturated carbocycles. The topological polar surface area (TPSA) is 68.0 Å². The molecule has 0 atom stereocenters. The van der Waals surface area contributed by atoms with Crippen LogP contribution in [0.15, 0.2) is 36.5 Å². The van der Waals surface area contributed by atoms with Crippen molar-refractivity contribution in [1.82, 2.24) is 4.98 Å². The van der Waals surface area contributed by atoms with Crippen LogP contribution < -0.4 is 11.1 Å². The lowest BCUT2D eigenvalue weighted by Crippen LogP contribution is -2.16. The van der Waals surface area contributed by atoms with E-state index in [0.29, 0.717) is 0 Å². The second-order valence-corrected chi connectivity index (χ2v) is 4.09. The number of amides is 1. The summed E-state index contributed by atoms with van der Waals surface area (Å²) in [6, 6.07) is 5.08. The fraction of sp³-hybridized carbons (Fsp3) is 0.0769. The number of carbonyl (C=O) groups is 1. The fourth-order valence-electron chi connectivity index (χ4n) is 1.61. The molecule has 4 nitrogen and oxygen atoms in total. The number of nitrogen functional groups attached to an aromatic ring is 1. The summed E-state index contributed by atoms with van der Waals surface area (Å²) in [5.74, 6) is -2.41. The largest absolute Gasteiger partial charge is 0.416 e. The number of nitrogens with two attached hydrogens (primary N) is 1. The molecule has 3 N–H and O–H groups in total. The van der Waals surface area contributed by atoms with Gasteiger partial charge in [-0.25, -0.2) is 9.37 Å². The Hall–Kier alpha value is -2.64. The second kappa shape index (κ2) is 5.39. The van der Waals surface area contributed by atoms with Crippen LogP contribution in [0.2, 0.25) is 0 Å². The quantitative estimate of drug-likeness (QED) is 0.837. The third kappa shape index (κ3) is 3.28. The molecule has 110 valence electrons. The van der Waals surface area contributed by atoms with Crippen molar-refractivity contribution in [3.8, 4) is 0 Å². The van der Waals surface area contributed by atoms with E-state index in [9.17, 15) is 22.4 Å². The van der Waals surface area contributed by atoms with Gasteiger partial charge < -0.3 is 11.1 Å². The van der Waals surface area contributed by atoms with Crippen molar-refractivity contribution in [1.29, 1.82) is 0 Å². The highest BCUT2D eigenvalue weighted by Crippen LogP contribution is 2.30. The van der Waals surface area contributed by atoms with E-state index >= 15 is 0 Å². The van der Waals surface area contributed by atoms with Gasteiger partial charge in [0.15, 0.2) is 11.6 Å². The number of pyridine rings is 1. The molecule has 0 unspecified atom stereocenters. The minimum absolute atomic E-state index is 0.107. The smallest absolute Gasteiger partial charge is 0.381 e. The summed E-state index contributed by atoms with van der Waals surface area (Å²) in [5.41, 5.74) is 3.79. The third-order valence-electron chi connectivity index (χ3n) is 2.61. The normalized spacial score (nSPS) is 11.2. The van der Waals surface area contributed by atoms with Gasteiger partial charge in [-0.1, -0.05) is 6.07 Å². The first-order chi connectivity index (χ1) is 9.79. The summed E-state index contributed by atoms with van der Waals surface area (Å²) in [4.78, 5) is 15.3. The molecule has 0 aliphatic rings. The first kappa shape index (κ1) is 14.8. The van der Waals surface area contributed by atoms with E-state index in [4.69, 9.17) is 5.73 Å². The van der Waals surface area contributed by atoms with E-state index in [-0.39, 0.29) is 5.69 Å². The number of carbonyl (C=O) groups excluding carboxylic acids is 1. The van der Waals surface area contributed by atoms with Gasteiger partial charge in [0.25, 0.3) is 5.91 Å². The van der Waals surface area contributed by atoms with Crippen molar-refractivity contribution in [3.05, 3.63) is 53.5 Å². The number of halogens is 4. The number of rotatable bonds is 2. The van der Waals surface area contributed by atoms with E-state index in [0.717, 1.165) is 30.5 Å². The van der Waals surface area contributed by atoms with E-state index in [1.807, 2.05) is 0 Å². The Kier molecular flexibility index (Phi) is 3.79. The number of hydrogen-bond acceptors (Lipinski definition) is 3. The molecular formula is C13H9F4N3O. The zero-order valence-electron chi connectivity index (χ0n) is 10.4. The lowest BCUT2D eigenvalue weighted by molar-refractivity contribution is -0.137. The van der Waals surface area contributed by atoms with Gasteiger partial charge in [0.1, 0.15) is 0 Å². The number of hydrogen-bond donors (Lipinski definition) is 2. The number of nitrogens with one attached hydrogen (secondary N) is 1. The first-order valence-corrected chi connectivity index (χ1v) is 5.67. The predicted molar refractivity (Wildman–Crippen MR) is 68.0 cm³/mol. The van der Waals surface area contributed by atoms with Crippen molar-refractivity contribution < 1.29 is 22.4 Å². The summed E-state index contributed by atoms with van der Waals surface area (Å²) in [7, 11) is 0. The SMILES string of the molecule is Nc1nccc(C(=O)Nc2cccc(C(F)(F)F)c2)c1F. The summed E-state index contributed by atoms with van der Waals surface area (Å²) in [5, 5.41) is 2.18. The average Bonchev–Trinajstić information content (AvgIpc) is 2.41. The Labute approximate surface area is 116 Å². The third-order valence-corrected chi connectivity index (χ3v) is 2.61. The highest BCUT2D eigenvalue weighted by molar-refractivity contribution is 6.04. The summed E-state index contributed by atoms with van der Waals surface area (Å²) >= 11 is 0. The highest BCUT2D eigenvalue weighted by atomic mass is 19.4. The van der Waals surface area contributed by atoms with Crippen molar-refractivity contribution in [2.24, 2.45) is 0 Å². The maximum Gasteiger partial charge on any atom is 0.416 e. The summed E-state index contributed by atoms with van der Waals surface area (Å²) in [6.45, 7) is 0. The minimum atomic E-state index is -4.53. The molecule has 21 heavy (non-hydrogen) atoms. The Morgan fingerprint density at radius 2 is 1.95 bits per heavy atom. The van der Waals surface area contributed by atoms with E-state index in [2.05, 4.69) is 10.3 Å². The number of nitrogens with zero attached hydrogens (tertiary/aromatic N) is 1. The number of aromatic nitrogens is 1. The average molecular weight is 299 g/mol. The molecule has 1 heterocycles. The molecule has 1 aromatic carbocycles. The minimum Gasteiger partial charge on any atom is -0.381 e. The van der Waals surface area contributed by atoms with Crippen LogP contribution in [0.1, 0.15) is 15.9 Å². The van der Waals surface area contributed by atoms with Gasteiger partial charge >= 0.3 is 6.18 Å². The van der Waals surface area contributed by atoms with Crippen molar-refractivity contribution in [3.63, 3.8) is 0 Å². The molecule has 0 radical (unpaired) electrons. The Bertz CT molecular complexity index is 685. The van der Waals surface area contributed by atoms with Crippen LogP contribution in [0, 0.1) is 5.82 Å². The Morgan fingerprint density at radius 3 is 2.62 bits per heavy atom. The van der Waals surface area contributed by atoms with E-state index in [1.54, 1.807) is 0 Å². The van der Waals surface area contributed by atoms with Crippen LogP contribution in [0.3, 0.4) is 0 Å². The molecule has 0 bridgehead atoms. The lowest BCUT2D eigenvalue weighted by Gasteiger charge is -2.10. The maximum absolute atomic E-state index is 13.6. The van der Waals surface area contributed by atoms with Gasteiger partial charge in [-0.05, 0) is 24.3 Å². The predicted octanol–water partition coefficient (Wildman–Crippen LogP) is 3.07. The molecule has 2 rings (SSSR count). The van der Waals surface area contributed by atoms with Crippen LogP contribution in [0.4, 0.5) is 29.1 Å². The van der Waals surface area contributed by atoms with Gasteiger partial charge in [0, 0.05) is 11.9 Å². The van der Waals surface area contributed by atoms with Crippen LogP contribution in [-0.4, -0.2) is 10.9 Å². The summed E-state index contributed by atoms with van der Waals surface area (Å²) in [6.07, 6.45) is -3.41. The standard InChI is InChI=1S/C13H9F4N3O/c14-10-9(4-5-19-11(10)18)12(21)20-8-3-1-2-7(6-8)13(15,16)17/h1-6H,(H2,18,19)(H,20,21). The van der Waals surface area contributed by atoms with Crippen LogP contribution in [0.25, 0.3) is 0 Å². The molecule has 0 aliphatic carbocycles. The molecule has 0 saturated heterocycles. The van der Waals surface area contributed by atoms with E-state index in [1.165, 1.54) is 6.07 Å². The summed E-state index contributed by atoms with van der Waals surface area (Å²) < 4.78 is 51.2. The molecule has 1 amide bonds. The molecule has 8 heteroatoms. The zero-order chi connectivity index (χ0) is 15.6. The van der Waals surface area contributed by atoms with Crippen LogP contribution in [-0.2, 0) is 6.18 Å². The van der Waals surface area contributed by atoms with Crippen molar-refractivity contribution in [2.45, 2.75) is 6.18 Å². The molecule has 1 aromatic heterocycles. The number of alkyl halides is 3. The number of anilines is 2. The lowest BCUT2D eigenvalue weighted by atomic mass is 10.1. The van der Waals surface area contributed by atoms with Gasteiger partial charge in [-0.3, -0.25) is 4.79 Å². The van der Waals surface area contributed by atoms with Gasteiger partial charge in [0.2, 0.25) is 0 Å². The molecule has 0 spiro atoms. The van der Waals surface area contributed by atoms with Gasteiger partial charge in [-0.2, -0.15) is 13.2 Å². The maximum atomic E-state index is 13.6. The number of benzene rings is 1. The van der Waals surface area contributed by atoms with Crippen molar-refractivity contribution in [2.75, 3.05) is 11.1 Å². The Balaban J connectivity index is 2.26. The first-order valence-electron chi connectivity index (χ1n) is 5.67. The van der Waals surface area contributed by atoms with Gasteiger partial charge in [-0.15, -0.1) is 0 Å². The monoisotopic (exact) mass is 299 g/mol. The highest BCUT2D eigenvalue weighted by Gasteiger charge is 2.30. The van der Waals surface area contributed by atoms with E-state index < -0.39 is 34.8 Å². The van der Waals surface area contributed by atoms with Gasteiger partial charge in [0.05, 0.1) is 11.1 Å². The van der Waals surface area contributed by atoms with Crippen molar-refractivity contribution >= 4 is 17.4 Å².